The van der Waals surface area contributed by atoms with Crippen molar-refractivity contribution in [1.29, 1.82) is 0 Å². The first-order chi connectivity index (χ1) is 11.0. The minimum Gasteiger partial charge on any atom is -0.572 e. The minimum atomic E-state index is -4.04. The van der Waals surface area contributed by atoms with Gasteiger partial charge in [-0.1, -0.05) is 30.3 Å². The summed E-state index contributed by atoms with van der Waals surface area (Å²) in [4.78, 5) is 14.2. The summed E-state index contributed by atoms with van der Waals surface area (Å²) in [6, 6.07) is 13.4. The molecule has 0 radical (unpaired) electrons. The van der Waals surface area contributed by atoms with Crippen molar-refractivity contribution in [2.75, 3.05) is 0 Å². The van der Waals surface area contributed by atoms with Gasteiger partial charge in [0.25, 0.3) is 5.69 Å². The molecule has 0 aliphatic rings. The number of hydrogen-bond acceptors (Lipinski definition) is 5. The highest BCUT2D eigenvalue weighted by Gasteiger charge is 2.11. The Morgan fingerprint density at radius 2 is 1.78 bits per heavy atom. The lowest BCUT2D eigenvalue weighted by Gasteiger charge is -2.22. The molecule has 0 saturated carbocycles. The van der Waals surface area contributed by atoms with Crippen LogP contribution in [0, 0.1) is 10.1 Å². The summed E-state index contributed by atoms with van der Waals surface area (Å²) in [6.07, 6.45) is 1.49. The number of pyridine rings is 1. The van der Waals surface area contributed by atoms with Crippen LogP contribution in [0.25, 0.3) is 15.6 Å². The number of rotatable bonds is 4. The Kier molecular flexibility index (Phi) is 3.67. The highest BCUT2D eigenvalue weighted by atomic mass is 32.2. The largest absolute Gasteiger partial charge is 0.572 e. The summed E-state index contributed by atoms with van der Waals surface area (Å²) in [5, 5.41) is 11.4. The van der Waals surface area contributed by atoms with Crippen molar-refractivity contribution in [3.63, 3.8) is 0 Å². The normalized spacial score (nSPS) is 11.3. The molecular weight excluding hydrogens is 318 g/mol. The molecule has 0 saturated heterocycles. The van der Waals surface area contributed by atoms with E-state index in [2.05, 4.69) is 9.71 Å². The van der Waals surface area contributed by atoms with Gasteiger partial charge in [-0.3, -0.25) is 15.1 Å². The van der Waals surface area contributed by atoms with Crippen LogP contribution in [0.4, 0.5) is 11.4 Å². The van der Waals surface area contributed by atoms with Gasteiger partial charge in [0.15, 0.2) is 0 Å². The van der Waals surface area contributed by atoms with Gasteiger partial charge >= 0.3 is 0 Å². The van der Waals surface area contributed by atoms with Crippen molar-refractivity contribution >= 4 is 32.3 Å². The maximum Gasteiger partial charge on any atom is 0.268 e. The van der Waals surface area contributed by atoms with E-state index in [0.717, 1.165) is 6.07 Å². The molecule has 7 nitrogen and oxygen atoms in total. The Morgan fingerprint density at radius 1 is 1.04 bits per heavy atom. The second-order valence-electron chi connectivity index (χ2n) is 4.67. The molecule has 0 aliphatic carbocycles. The van der Waals surface area contributed by atoms with E-state index >= 15 is 0 Å². The lowest BCUT2D eigenvalue weighted by atomic mass is 10.2. The van der Waals surface area contributed by atoms with Crippen LogP contribution < -0.4 is 0 Å². The minimum absolute atomic E-state index is 0.00728. The van der Waals surface area contributed by atoms with Gasteiger partial charge in [-0.15, -0.1) is 5.69 Å². The summed E-state index contributed by atoms with van der Waals surface area (Å²) in [7, 11) is -4.04. The maximum absolute atomic E-state index is 12.5. The van der Waals surface area contributed by atoms with E-state index in [1.54, 1.807) is 24.3 Å². The van der Waals surface area contributed by atoms with Crippen LogP contribution in [0.5, 0.6) is 0 Å². The van der Waals surface area contributed by atoms with Crippen molar-refractivity contribution in [3.8, 4) is 0 Å². The summed E-state index contributed by atoms with van der Waals surface area (Å²) in [5.41, 5.74) is 0.0776. The summed E-state index contributed by atoms with van der Waals surface area (Å²) < 4.78 is 28.7. The monoisotopic (exact) mass is 328 g/mol. The molecule has 0 N–H and O–H groups in total. The topological polar surface area (TPSA) is 104 Å². The fourth-order valence-electron chi connectivity index (χ4n) is 2.14. The molecule has 0 aliphatic heterocycles. The smallest absolute Gasteiger partial charge is 0.268 e. The van der Waals surface area contributed by atoms with E-state index in [1.807, 2.05) is 0 Å². The number of hydrogen-bond donors (Lipinski definition) is 0. The van der Waals surface area contributed by atoms with Crippen LogP contribution in [0.3, 0.4) is 0 Å². The first kappa shape index (κ1) is 14.9. The van der Waals surface area contributed by atoms with Gasteiger partial charge in [0.05, 0.1) is 15.3 Å². The number of para-hydroxylation sites is 1. The van der Waals surface area contributed by atoms with E-state index in [1.165, 1.54) is 30.5 Å². The van der Waals surface area contributed by atoms with Crippen LogP contribution in [-0.4, -0.2) is 18.3 Å². The molecule has 0 amide bonds. The Morgan fingerprint density at radius 3 is 2.57 bits per heavy atom. The van der Waals surface area contributed by atoms with Gasteiger partial charge in [-0.2, -0.15) is 0 Å². The first-order valence-corrected chi connectivity index (χ1v) is 7.97. The fraction of sp³-hybridized carbons (Fsp3) is 0. The van der Waals surface area contributed by atoms with Gasteiger partial charge < -0.3 is 4.72 Å². The van der Waals surface area contributed by atoms with E-state index in [9.17, 15) is 18.5 Å². The Balaban J connectivity index is 2.05. The molecule has 116 valence electrons. The fourth-order valence-corrected chi connectivity index (χ4v) is 3.29. The van der Waals surface area contributed by atoms with E-state index < -0.39 is 14.9 Å². The Bertz CT molecular complexity index is 997. The first-order valence-electron chi connectivity index (χ1n) is 6.53. The third-order valence-corrected chi connectivity index (χ3v) is 4.48. The molecule has 1 aromatic heterocycles. The Labute approximate surface area is 131 Å². The number of aromatic nitrogens is 1. The van der Waals surface area contributed by atoms with Gasteiger partial charge in [0.1, 0.15) is 10.0 Å². The third-order valence-electron chi connectivity index (χ3n) is 3.14. The predicted molar refractivity (Wildman–Crippen MR) is 85.0 cm³/mol. The SMILES string of the molecule is O=[N+]([O-])c1cccc([N-]S(=O)(=O)c2cccc3cccnc23)c1. The van der Waals surface area contributed by atoms with Crippen molar-refractivity contribution in [1.82, 2.24) is 4.98 Å². The number of nitro benzene ring substituents is 1. The molecule has 1 heterocycles. The molecule has 0 atom stereocenters. The van der Waals surface area contributed by atoms with Crippen LogP contribution in [0.1, 0.15) is 0 Å². The molecule has 3 rings (SSSR count). The average molecular weight is 328 g/mol. The molecule has 0 bridgehead atoms. The molecule has 0 spiro atoms. The molecule has 8 heteroatoms. The van der Waals surface area contributed by atoms with Gasteiger partial charge in [-0.25, -0.2) is 8.42 Å². The number of fused-ring (bicyclic) bond motifs is 1. The Hall–Kier alpha value is -3.00. The second-order valence-corrected chi connectivity index (χ2v) is 6.25. The lowest BCUT2D eigenvalue weighted by Crippen LogP contribution is -2.00. The predicted octanol–water partition coefficient (Wildman–Crippen LogP) is 3.54. The molecular formula is C15H10N3O4S-. The van der Waals surface area contributed by atoms with Crippen LogP contribution in [0.2, 0.25) is 0 Å². The second kappa shape index (κ2) is 5.65. The van der Waals surface area contributed by atoms with E-state index in [0.29, 0.717) is 10.9 Å². The van der Waals surface area contributed by atoms with Gasteiger partial charge in [-0.05, 0) is 12.1 Å². The standard InChI is InChI=1S/C15H10N3O4S/c19-18(20)13-7-2-6-12(10-13)17-23(21,22)14-8-1-4-11-5-3-9-16-15(11)14/h1-10H/q-1. The maximum atomic E-state index is 12.5. The highest BCUT2D eigenvalue weighted by Crippen LogP contribution is 2.32. The number of benzene rings is 2. The van der Waals surface area contributed by atoms with E-state index in [4.69, 9.17) is 0 Å². The highest BCUT2D eigenvalue weighted by molar-refractivity contribution is 7.94. The van der Waals surface area contributed by atoms with E-state index in [-0.39, 0.29) is 16.3 Å². The lowest BCUT2D eigenvalue weighted by molar-refractivity contribution is -0.384. The molecule has 3 aromatic rings. The van der Waals surface area contributed by atoms with Crippen LogP contribution >= 0.6 is 0 Å². The number of non-ortho nitro benzene ring substituents is 1. The molecule has 0 unspecified atom stereocenters. The van der Waals surface area contributed by atoms with Gasteiger partial charge in [0, 0.05) is 23.7 Å². The van der Waals surface area contributed by atoms with Crippen LogP contribution in [-0.2, 0) is 10.0 Å². The quantitative estimate of drug-likeness (QED) is 0.538. The molecule has 23 heavy (non-hydrogen) atoms. The zero-order valence-corrected chi connectivity index (χ0v) is 12.5. The number of sulfonamides is 1. The molecule has 2 aromatic carbocycles. The van der Waals surface area contributed by atoms with Crippen molar-refractivity contribution in [3.05, 3.63) is 75.6 Å². The van der Waals surface area contributed by atoms with Gasteiger partial charge in [0.2, 0.25) is 0 Å². The number of nitrogens with zero attached hydrogens (tertiary/aromatic N) is 3. The van der Waals surface area contributed by atoms with Crippen molar-refractivity contribution < 1.29 is 13.3 Å². The third kappa shape index (κ3) is 2.97. The molecule has 0 fully saturated rings. The summed E-state index contributed by atoms with van der Waals surface area (Å²) >= 11 is 0. The summed E-state index contributed by atoms with van der Waals surface area (Å²) in [6.45, 7) is 0. The summed E-state index contributed by atoms with van der Waals surface area (Å²) in [5.74, 6) is 0. The average Bonchev–Trinajstić information content (AvgIpc) is 2.54. The zero-order valence-electron chi connectivity index (χ0n) is 11.7. The van der Waals surface area contributed by atoms with Crippen molar-refractivity contribution in [2.45, 2.75) is 4.90 Å². The van der Waals surface area contributed by atoms with Crippen LogP contribution in [0.15, 0.2) is 65.7 Å². The number of nitro groups is 1. The zero-order chi connectivity index (χ0) is 16.4. The van der Waals surface area contributed by atoms with Crippen molar-refractivity contribution in [2.24, 2.45) is 0 Å².